The number of H-pyrrole nitrogens is 1. The summed E-state index contributed by atoms with van der Waals surface area (Å²) in [7, 11) is 0. The Morgan fingerprint density at radius 2 is 2.00 bits per heavy atom. The SMILES string of the molecule is CC1(C)CC=C(c2cc(C(C)(C)C(=O)O)ccc2NC(=O)c2cc(C#N)c[nH]2)CC1. The average molecular weight is 405 g/mol. The zero-order valence-corrected chi connectivity index (χ0v) is 17.8. The first kappa shape index (κ1) is 21.4. The number of carbonyl (C=O) groups is 2. The maximum atomic E-state index is 12.7. The van der Waals surface area contributed by atoms with Crippen LogP contribution in [0.5, 0.6) is 0 Å². The average Bonchev–Trinajstić information content (AvgIpc) is 3.17. The molecular weight excluding hydrogens is 378 g/mol. The van der Waals surface area contributed by atoms with Crippen molar-refractivity contribution in [3.8, 4) is 6.07 Å². The summed E-state index contributed by atoms with van der Waals surface area (Å²) in [4.78, 5) is 27.3. The van der Waals surface area contributed by atoms with E-state index in [1.165, 1.54) is 12.3 Å². The van der Waals surface area contributed by atoms with Crippen molar-refractivity contribution in [1.29, 1.82) is 5.26 Å². The van der Waals surface area contributed by atoms with Crippen LogP contribution in [0.4, 0.5) is 5.69 Å². The maximum Gasteiger partial charge on any atom is 0.313 e. The van der Waals surface area contributed by atoms with Gasteiger partial charge in [0.1, 0.15) is 11.8 Å². The molecule has 1 aliphatic carbocycles. The Hall–Kier alpha value is -3.33. The maximum absolute atomic E-state index is 12.7. The summed E-state index contributed by atoms with van der Waals surface area (Å²) in [5, 5.41) is 21.5. The lowest BCUT2D eigenvalue weighted by Crippen LogP contribution is -2.28. The highest BCUT2D eigenvalue weighted by Gasteiger charge is 2.31. The summed E-state index contributed by atoms with van der Waals surface area (Å²) in [6.07, 6.45) is 6.47. The number of nitrogens with one attached hydrogen (secondary N) is 2. The van der Waals surface area contributed by atoms with E-state index >= 15 is 0 Å². The second-order valence-electron chi connectivity index (χ2n) is 9.16. The molecule has 1 aliphatic rings. The van der Waals surface area contributed by atoms with E-state index in [2.05, 4.69) is 30.2 Å². The number of benzene rings is 1. The molecule has 2 aromatic rings. The molecule has 0 saturated carbocycles. The molecule has 30 heavy (non-hydrogen) atoms. The molecule has 0 bridgehead atoms. The van der Waals surface area contributed by atoms with Gasteiger partial charge in [0.25, 0.3) is 5.91 Å². The van der Waals surface area contributed by atoms with Gasteiger partial charge in [-0.2, -0.15) is 5.26 Å². The minimum absolute atomic E-state index is 0.225. The van der Waals surface area contributed by atoms with E-state index in [1.54, 1.807) is 26.0 Å². The molecule has 0 saturated heterocycles. The van der Waals surface area contributed by atoms with Gasteiger partial charge in [-0.3, -0.25) is 9.59 Å². The van der Waals surface area contributed by atoms with Crippen LogP contribution in [0, 0.1) is 16.7 Å². The summed E-state index contributed by atoms with van der Waals surface area (Å²) in [6.45, 7) is 7.80. The number of anilines is 1. The van der Waals surface area contributed by atoms with E-state index in [9.17, 15) is 14.7 Å². The quantitative estimate of drug-likeness (QED) is 0.644. The normalized spacial score (nSPS) is 15.8. The third kappa shape index (κ3) is 4.30. The van der Waals surface area contributed by atoms with Crippen molar-refractivity contribution in [2.45, 2.75) is 52.4 Å². The Morgan fingerprint density at radius 3 is 2.57 bits per heavy atom. The van der Waals surface area contributed by atoms with E-state index < -0.39 is 11.4 Å². The Bertz CT molecular complexity index is 1070. The van der Waals surface area contributed by atoms with E-state index in [0.29, 0.717) is 22.5 Å². The second kappa shape index (κ2) is 7.83. The Balaban J connectivity index is 2.01. The monoisotopic (exact) mass is 405 g/mol. The van der Waals surface area contributed by atoms with Crippen molar-refractivity contribution in [2.75, 3.05) is 5.32 Å². The molecule has 0 radical (unpaired) electrons. The van der Waals surface area contributed by atoms with Crippen LogP contribution < -0.4 is 5.32 Å². The van der Waals surface area contributed by atoms with E-state index in [-0.39, 0.29) is 11.3 Å². The molecule has 1 aromatic heterocycles. The van der Waals surface area contributed by atoms with Crippen LogP contribution in [0.25, 0.3) is 5.57 Å². The highest BCUT2D eigenvalue weighted by molar-refractivity contribution is 6.04. The molecule has 0 fully saturated rings. The first-order chi connectivity index (χ1) is 14.0. The third-order valence-electron chi connectivity index (χ3n) is 5.90. The van der Waals surface area contributed by atoms with Crippen LogP contribution in [0.3, 0.4) is 0 Å². The second-order valence-corrected chi connectivity index (χ2v) is 9.16. The van der Waals surface area contributed by atoms with Crippen molar-refractivity contribution in [2.24, 2.45) is 5.41 Å². The van der Waals surface area contributed by atoms with Gasteiger partial charge in [0.05, 0.1) is 11.0 Å². The fourth-order valence-corrected chi connectivity index (χ4v) is 3.53. The topological polar surface area (TPSA) is 106 Å². The largest absolute Gasteiger partial charge is 0.481 e. The van der Waals surface area contributed by atoms with Crippen LogP contribution in [0.15, 0.2) is 36.5 Å². The van der Waals surface area contributed by atoms with Crippen molar-refractivity contribution in [1.82, 2.24) is 4.98 Å². The number of rotatable bonds is 5. The van der Waals surface area contributed by atoms with Crippen molar-refractivity contribution in [3.05, 3.63) is 58.9 Å². The molecule has 1 heterocycles. The molecule has 1 amide bonds. The smallest absolute Gasteiger partial charge is 0.313 e. The predicted octanol–water partition coefficient (Wildman–Crippen LogP) is 5.09. The van der Waals surface area contributed by atoms with E-state index in [1.807, 2.05) is 12.1 Å². The van der Waals surface area contributed by atoms with Crippen LogP contribution in [0.1, 0.15) is 74.1 Å². The molecule has 6 heteroatoms. The number of nitrogens with zero attached hydrogens (tertiary/aromatic N) is 1. The van der Waals surface area contributed by atoms with Gasteiger partial charge in [0, 0.05) is 17.4 Å². The van der Waals surface area contributed by atoms with Gasteiger partial charge >= 0.3 is 5.97 Å². The van der Waals surface area contributed by atoms with Gasteiger partial charge in [-0.05, 0) is 67.9 Å². The number of carboxylic acid groups (broad SMARTS) is 1. The summed E-state index contributed by atoms with van der Waals surface area (Å²) in [5.74, 6) is -1.25. The van der Waals surface area contributed by atoms with Gasteiger partial charge < -0.3 is 15.4 Å². The van der Waals surface area contributed by atoms with Gasteiger partial charge in [-0.25, -0.2) is 0 Å². The first-order valence-electron chi connectivity index (χ1n) is 10.0. The van der Waals surface area contributed by atoms with Gasteiger partial charge in [0.2, 0.25) is 0 Å². The fraction of sp³-hybridized carbons (Fsp3) is 0.375. The van der Waals surface area contributed by atoms with E-state index in [4.69, 9.17) is 5.26 Å². The molecule has 156 valence electrons. The van der Waals surface area contributed by atoms with Crippen molar-refractivity contribution >= 4 is 23.1 Å². The summed E-state index contributed by atoms with van der Waals surface area (Å²) < 4.78 is 0. The number of aromatic amines is 1. The van der Waals surface area contributed by atoms with Crippen molar-refractivity contribution in [3.63, 3.8) is 0 Å². The lowest BCUT2D eigenvalue weighted by atomic mass is 9.76. The Kier molecular flexibility index (Phi) is 5.58. The van der Waals surface area contributed by atoms with Gasteiger partial charge in [-0.15, -0.1) is 0 Å². The Morgan fingerprint density at radius 1 is 1.27 bits per heavy atom. The molecule has 3 rings (SSSR count). The Labute approximate surface area is 176 Å². The number of carbonyl (C=O) groups excluding carboxylic acids is 1. The fourth-order valence-electron chi connectivity index (χ4n) is 3.53. The number of allylic oxidation sites excluding steroid dienone is 2. The zero-order chi connectivity index (χ0) is 22.1. The predicted molar refractivity (Wildman–Crippen MR) is 116 cm³/mol. The summed E-state index contributed by atoms with van der Waals surface area (Å²) in [6, 6.07) is 8.88. The number of carboxylic acids is 1. The molecule has 3 N–H and O–H groups in total. The molecule has 0 atom stereocenters. The van der Waals surface area contributed by atoms with Crippen LogP contribution in [-0.2, 0) is 10.2 Å². The number of nitriles is 1. The number of hydrogen-bond donors (Lipinski definition) is 3. The molecule has 6 nitrogen and oxygen atoms in total. The third-order valence-corrected chi connectivity index (χ3v) is 5.90. The van der Waals surface area contributed by atoms with Gasteiger partial charge in [-0.1, -0.05) is 26.0 Å². The lowest BCUT2D eigenvalue weighted by molar-refractivity contribution is -0.142. The summed E-state index contributed by atoms with van der Waals surface area (Å²) in [5.41, 5.74) is 3.12. The highest BCUT2D eigenvalue weighted by Crippen LogP contribution is 2.41. The number of aromatic nitrogens is 1. The highest BCUT2D eigenvalue weighted by atomic mass is 16.4. The lowest BCUT2D eigenvalue weighted by Gasteiger charge is -2.30. The molecule has 1 aromatic carbocycles. The molecule has 0 spiro atoms. The van der Waals surface area contributed by atoms with Crippen molar-refractivity contribution < 1.29 is 14.7 Å². The van der Waals surface area contributed by atoms with Crippen LogP contribution >= 0.6 is 0 Å². The summed E-state index contributed by atoms with van der Waals surface area (Å²) >= 11 is 0. The minimum atomic E-state index is -1.05. The molecule has 0 unspecified atom stereocenters. The minimum Gasteiger partial charge on any atom is -0.481 e. The molecular formula is C24H27N3O3. The molecule has 0 aliphatic heterocycles. The first-order valence-corrected chi connectivity index (χ1v) is 10.0. The number of amides is 1. The standard InChI is InChI=1S/C24H27N3O3/c1-23(2)9-7-16(8-10-23)18-12-17(24(3,4)22(29)30)5-6-19(18)27-21(28)20-11-15(13-25)14-26-20/h5-7,11-12,14,26H,8-10H2,1-4H3,(H,27,28)(H,29,30). The zero-order valence-electron chi connectivity index (χ0n) is 17.8. The number of hydrogen-bond acceptors (Lipinski definition) is 3. The van der Waals surface area contributed by atoms with Crippen LogP contribution in [0.2, 0.25) is 0 Å². The number of aliphatic carboxylic acids is 1. The van der Waals surface area contributed by atoms with Gasteiger partial charge in [0.15, 0.2) is 0 Å². The van der Waals surface area contributed by atoms with E-state index in [0.717, 1.165) is 30.4 Å². The van der Waals surface area contributed by atoms with Crippen LogP contribution in [-0.4, -0.2) is 22.0 Å².